The summed E-state index contributed by atoms with van der Waals surface area (Å²) in [7, 11) is 0. The monoisotopic (exact) mass is 1470 g/mol. The molecule has 0 fully saturated rings. The Hall–Kier alpha value is -10.6. The van der Waals surface area contributed by atoms with Crippen molar-refractivity contribution in [3.63, 3.8) is 0 Å². The molecule has 3 aliphatic rings. The molecule has 0 atom stereocenters. The maximum absolute atomic E-state index is 4.36. The van der Waals surface area contributed by atoms with Crippen molar-refractivity contribution >= 4 is 110 Å². The number of hydrogen-bond donors (Lipinski definition) is 0. The molecule has 0 unspecified atom stereocenters. The molecule has 0 radical (unpaired) electrons. The van der Waals surface area contributed by atoms with Crippen LogP contribution in [0.1, 0.15) is 203 Å². The molecular formula is C108H131N3. The van der Waals surface area contributed by atoms with E-state index in [1.807, 2.05) is 116 Å². The number of aromatic nitrogens is 1. The van der Waals surface area contributed by atoms with Gasteiger partial charge in [-0.2, -0.15) is 0 Å². The first-order valence-corrected chi connectivity index (χ1v) is 41.3. The largest absolute Gasteiger partial charge is 0.288 e. The number of hydrogen-bond acceptors (Lipinski definition) is 3. The van der Waals surface area contributed by atoms with Gasteiger partial charge in [-0.05, 0) is 290 Å². The van der Waals surface area contributed by atoms with E-state index in [0.29, 0.717) is 0 Å². The molecule has 0 saturated carbocycles. The summed E-state index contributed by atoms with van der Waals surface area (Å²) in [5.74, 6) is 0. The van der Waals surface area contributed by atoms with Gasteiger partial charge in [0.05, 0.1) is 17.9 Å². The standard InChI is InChI=1S/4C16H14.3C10H11N.7C2H6/c1-11-7-9-16-14(12(11)2)10-8-13-5-3-4-6-15(13)16;1-11-9-14-8-7-13-5-3-4-6-15(13)16(14)10-12(11)2;1-11-7-8-15-9-13-5-3-4-6-14(13)10-16(15)12(11)2;1-11-7-8-14-10-9-13-5-3-4-6-15(13)16(14)12(11)2;1-7-3-4-9-5-11-6-10(9)8(7)2;1-7-3-4-9-5-6-11-10(9)8(7)2;1-7-6-11-10-5-3-4-9(10)8(7)2;7*1-2/h4*3-10H,1-2H3;3*3-4,6H,5H2,1-2H3;7*1-2H3. The van der Waals surface area contributed by atoms with Gasteiger partial charge in [0.25, 0.3) is 0 Å². The lowest BCUT2D eigenvalue weighted by molar-refractivity contribution is 1.09. The predicted octanol–water partition coefficient (Wildman–Crippen LogP) is 32.7. The van der Waals surface area contributed by atoms with Crippen LogP contribution in [0.25, 0.3) is 92.3 Å². The molecule has 3 heterocycles. The van der Waals surface area contributed by atoms with Gasteiger partial charge in [0.1, 0.15) is 0 Å². The number of benzene rings is 14. The van der Waals surface area contributed by atoms with E-state index in [1.165, 1.54) is 198 Å². The molecule has 2 aliphatic heterocycles. The summed E-state index contributed by atoms with van der Waals surface area (Å²) in [6.45, 7) is 59.2. The minimum atomic E-state index is 0.871. The Morgan fingerprint density at radius 1 is 0.261 bits per heavy atom. The van der Waals surface area contributed by atoms with E-state index in [2.05, 4.69) is 342 Å². The smallest absolute Gasteiger partial charge is 0.0693 e. The van der Waals surface area contributed by atoms with E-state index >= 15 is 0 Å². The fraction of sp³-hybridized carbons (Fsp3) is 0.287. The molecule has 0 saturated heterocycles. The SMILES string of the molecule is CC.CC.CC.CC.CC.CC.CC.Cc1cc2ccc3ccccc3c2cc1C.Cc1ccc2c(c1C)C=NC2.Cc1ccc2c(c1C)N=CC2.Cc1ccc2c(ccc3ccccc32)c1C.Cc1ccc2cc3ccccc3cc2c1C.Cc1ccc2ccc3ccccc3c2c1C.Cc1cnc2c(c1C)C=CC2. The fourth-order valence-corrected chi connectivity index (χ4v) is 13.6. The second-order valence-corrected chi connectivity index (χ2v) is 26.8. The van der Waals surface area contributed by atoms with Gasteiger partial charge in [-0.3, -0.25) is 15.0 Å². The zero-order chi connectivity index (χ0) is 82.0. The van der Waals surface area contributed by atoms with Gasteiger partial charge in [0, 0.05) is 37.0 Å². The van der Waals surface area contributed by atoms with Crippen molar-refractivity contribution in [1.29, 1.82) is 0 Å². The van der Waals surface area contributed by atoms with Crippen LogP contribution in [0.5, 0.6) is 0 Å². The summed E-state index contributed by atoms with van der Waals surface area (Å²) in [5, 5.41) is 21.5. The maximum Gasteiger partial charge on any atom is 0.0693 e. The highest BCUT2D eigenvalue weighted by molar-refractivity contribution is 6.11. The second-order valence-electron chi connectivity index (χ2n) is 26.8. The van der Waals surface area contributed by atoms with E-state index in [9.17, 15) is 0 Å². The molecule has 15 aromatic rings. The van der Waals surface area contributed by atoms with Crippen molar-refractivity contribution in [2.24, 2.45) is 9.98 Å². The summed E-state index contributed by atoms with van der Waals surface area (Å²) < 4.78 is 0. The molecule has 0 N–H and O–H groups in total. The third-order valence-electron chi connectivity index (χ3n) is 20.7. The lowest BCUT2D eigenvalue weighted by Gasteiger charge is -2.09. The van der Waals surface area contributed by atoms with E-state index in [4.69, 9.17) is 0 Å². The zero-order valence-electron chi connectivity index (χ0n) is 73.1. The topological polar surface area (TPSA) is 37.6 Å². The van der Waals surface area contributed by atoms with E-state index in [1.54, 1.807) is 0 Å². The molecule has 0 spiro atoms. The molecule has 14 aromatic carbocycles. The molecule has 0 bridgehead atoms. The molecule has 1 aromatic heterocycles. The molecule has 3 nitrogen and oxygen atoms in total. The van der Waals surface area contributed by atoms with Gasteiger partial charge in [-0.15, -0.1) is 0 Å². The van der Waals surface area contributed by atoms with Gasteiger partial charge in [0.2, 0.25) is 0 Å². The van der Waals surface area contributed by atoms with Crippen LogP contribution in [-0.2, 0) is 19.4 Å². The normalized spacial score (nSPS) is 10.8. The molecule has 578 valence electrons. The van der Waals surface area contributed by atoms with Crippen LogP contribution in [0.2, 0.25) is 0 Å². The van der Waals surface area contributed by atoms with Crippen LogP contribution in [0.3, 0.4) is 0 Å². The van der Waals surface area contributed by atoms with Gasteiger partial charge in [-0.1, -0.05) is 315 Å². The number of pyridine rings is 1. The number of fused-ring (bicyclic) bond motifs is 14. The molecule has 1 aliphatic carbocycles. The number of aliphatic imine (C=N–C) groups is 2. The van der Waals surface area contributed by atoms with Crippen molar-refractivity contribution in [2.45, 2.75) is 213 Å². The highest BCUT2D eigenvalue weighted by Crippen LogP contribution is 2.34. The highest BCUT2D eigenvalue weighted by Gasteiger charge is 2.13. The first-order chi connectivity index (χ1) is 53.9. The average molecular weight is 1470 g/mol. The third kappa shape index (κ3) is 22.6. The Kier molecular flexibility index (Phi) is 37.8. The maximum atomic E-state index is 4.36. The molecule has 18 rings (SSSR count). The molecule has 111 heavy (non-hydrogen) atoms. The van der Waals surface area contributed by atoms with Crippen molar-refractivity contribution in [3.05, 3.63) is 336 Å². The van der Waals surface area contributed by atoms with Crippen molar-refractivity contribution in [2.75, 3.05) is 0 Å². The predicted molar refractivity (Wildman–Crippen MR) is 505 cm³/mol. The summed E-state index contributed by atoms with van der Waals surface area (Å²) in [5.41, 5.74) is 26.9. The first kappa shape index (κ1) is 91.0. The molecular weight excluding hydrogens is 1340 g/mol. The zero-order valence-corrected chi connectivity index (χ0v) is 73.1. The van der Waals surface area contributed by atoms with Crippen LogP contribution in [0.15, 0.2) is 241 Å². The highest BCUT2D eigenvalue weighted by atomic mass is 14.8. The van der Waals surface area contributed by atoms with Crippen molar-refractivity contribution in [1.82, 2.24) is 4.98 Å². The van der Waals surface area contributed by atoms with Gasteiger partial charge in [-0.25, -0.2) is 0 Å². The third-order valence-corrected chi connectivity index (χ3v) is 20.7. The number of rotatable bonds is 0. The van der Waals surface area contributed by atoms with E-state index in [0.717, 1.165) is 19.4 Å². The first-order valence-electron chi connectivity index (χ1n) is 41.3. The van der Waals surface area contributed by atoms with Crippen molar-refractivity contribution in [3.8, 4) is 0 Å². The van der Waals surface area contributed by atoms with Crippen LogP contribution in [0, 0.1) is 96.9 Å². The minimum Gasteiger partial charge on any atom is -0.288 e. The van der Waals surface area contributed by atoms with E-state index in [-0.39, 0.29) is 0 Å². The molecule has 3 heteroatoms. The number of nitrogens with zero attached hydrogens (tertiary/aromatic N) is 3. The van der Waals surface area contributed by atoms with Gasteiger partial charge < -0.3 is 0 Å². The Labute approximate surface area is 670 Å². The quantitative estimate of drug-likeness (QED) is 0.110. The van der Waals surface area contributed by atoms with Gasteiger partial charge in [0.15, 0.2) is 0 Å². The Morgan fingerprint density at radius 3 is 1.29 bits per heavy atom. The summed E-state index contributed by atoms with van der Waals surface area (Å²) in [6.07, 6.45) is 12.3. The van der Waals surface area contributed by atoms with Crippen molar-refractivity contribution < 1.29 is 0 Å². The lowest BCUT2D eigenvalue weighted by atomic mass is 9.96. The van der Waals surface area contributed by atoms with Crippen LogP contribution in [-0.4, -0.2) is 17.4 Å². The van der Waals surface area contributed by atoms with Gasteiger partial charge >= 0.3 is 0 Å². The van der Waals surface area contributed by atoms with Crippen LogP contribution < -0.4 is 0 Å². The summed E-state index contributed by atoms with van der Waals surface area (Å²) in [6, 6.07) is 78.7. The summed E-state index contributed by atoms with van der Waals surface area (Å²) >= 11 is 0. The lowest BCUT2D eigenvalue weighted by Crippen LogP contribution is -1.93. The Bertz CT molecular complexity index is 5360. The Morgan fingerprint density at radius 2 is 0.676 bits per heavy atom. The van der Waals surface area contributed by atoms with E-state index < -0.39 is 0 Å². The second kappa shape index (κ2) is 46.1. The number of allylic oxidation sites excluding steroid dienone is 1. The van der Waals surface area contributed by atoms with Crippen LogP contribution in [0.4, 0.5) is 5.69 Å². The minimum absolute atomic E-state index is 0.871. The Balaban J connectivity index is 0.000000227. The average Bonchev–Trinajstić information content (AvgIpc) is 1.76. The molecule has 0 amide bonds. The van der Waals surface area contributed by atoms with Crippen LogP contribution >= 0.6 is 0 Å². The number of aryl methyl sites for hydroxylation is 11. The fourth-order valence-electron chi connectivity index (χ4n) is 13.6. The summed E-state index contributed by atoms with van der Waals surface area (Å²) in [4.78, 5) is 12.9.